The number of fused-ring (bicyclic) bond motifs is 2. The first kappa shape index (κ1) is 11.8. The summed E-state index contributed by atoms with van der Waals surface area (Å²) in [6.07, 6.45) is 0. The molecule has 0 radical (unpaired) electrons. The number of benzene rings is 2. The van der Waals surface area contributed by atoms with Gasteiger partial charge in [-0.2, -0.15) is 0 Å². The molecule has 3 aromatic rings. The highest BCUT2D eigenvalue weighted by molar-refractivity contribution is 9.10. The van der Waals surface area contributed by atoms with Crippen molar-refractivity contribution in [2.45, 2.75) is 6.04 Å². The van der Waals surface area contributed by atoms with Crippen molar-refractivity contribution in [3.8, 4) is 5.75 Å². The molecule has 0 saturated heterocycles. The van der Waals surface area contributed by atoms with Crippen LogP contribution in [0.15, 0.2) is 46.9 Å². The average Bonchev–Trinajstić information content (AvgIpc) is 2.99. The summed E-state index contributed by atoms with van der Waals surface area (Å²) >= 11 is 3.50. The predicted molar refractivity (Wildman–Crippen MR) is 81.9 cm³/mol. The van der Waals surface area contributed by atoms with Gasteiger partial charge in [0.1, 0.15) is 12.4 Å². The molecule has 0 amide bonds. The van der Waals surface area contributed by atoms with Crippen LogP contribution in [0.25, 0.3) is 11.0 Å². The molecule has 100 valence electrons. The third kappa shape index (κ3) is 1.63. The highest BCUT2D eigenvalue weighted by atomic mass is 79.9. The van der Waals surface area contributed by atoms with Crippen molar-refractivity contribution in [2.24, 2.45) is 0 Å². The van der Waals surface area contributed by atoms with E-state index in [0.717, 1.165) is 26.8 Å². The van der Waals surface area contributed by atoms with Gasteiger partial charge in [0.2, 0.25) is 5.95 Å². The van der Waals surface area contributed by atoms with Gasteiger partial charge in [-0.1, -0.05) is 34.1 Å². The summed E-state index contributed by atoms with van der Waals surface area (Å²) in [6, 6.07) is 14.1. The molecule has 0 saturated carbocycles. The second-order valence-electron chi connectivity index (χ2n) is 4.84. The molecule has 0 aliphatic carbocycles. The van der Waals surface area contributed by atoms with Crippen LogP contribution in [-0.2, 0) is 0 Å². The number of anilines is 1. The van der Waals surface area contributed by atoms with Gasteiger partial charge < -0.3 is 10.5 Å². The molecule has 1 aliphatic heterocycles. The van der Waals surface area contributed by atoms with E-state index in [4.69, 9.17) is 10.5 Å². The standard InChI is InChI=1S/C15H12BrN3O/c16-9-5-6-11-12(7-9)19(15(17)18-11)13-8-20-14-4-2-1-3-10(13)14/h1-7,13H,8H2,(H2,17,18). The molecule has 1 unspecified atom stereocenters. The predicted octanol–water partition coefficient (Wildman–Crippen LogP) is 3.36. The van der Waals surface area contributed by atoms with Gasteiger partial charge in [0, 0.05) is 10.0 Å². The maximum Gasteiger partial charge on any atom is 0.201 e. The maximum atomic E-state index is 6.12. The Labute approximate surface area is 124 Å². The lowest BCUT2D eigenvalue weighted by molar-refractivity contribution is 0.320. The molecule has 1 aliphatic rings. The molecule has 1 atom stereocenters. The highest BCUT2D eigenvalue weighted by Gasteiger charge is 2.28. The quantitative estimate of drug-likeness (QED) is 0.744. The maximum absolute atomic E-state index is 6.12. The Morgan fingerprint density at radius 2 is 2.10 bits per heavy atom. The van der Waals surface area contributed by atoms with Crippen LogP contribution < -0.4 is 10.5 Å². The van der Waals surface area contributed by atoms with Gasteiger partial charge in [0.25, 0.3) is 0 Å². The molecule has 5 heteroatoms. The van der Waals surface area contributed by atoms with Gasteiger partial charge in [-0.15, -0.1) is 0 Å². The minimum atomic E-state index is 0.0745. The first-order chi connectivity index (χ1) is 9.74. The minimum absolute atomic E-state index is 0.0745. The van der Waals surface area contributed by atoms with E-state index in [1.807, 2.05) is 41.0 Å². The molecule has 2 heterocycles. The fourth-order valence-electron chi connectivity index (χ4n) is 2.77. The van der Waals surface area contributed by atoms with Gasteiger partial charge in [0.05, 0.1) is 17.1 Å². The summed E-state index contributed by atoms with van der Waals surface area (Å²) in [5.74, 6) is 1.44. The summed E-state index contributed by atoms with van der Waals surface area (Å²) in [6.45, 7) is 0.585. The Morgan fingerprint density at radius 3 is 3.00 bits per heavy atom. The molecule has 1 aromatic heterocycles. The van der Waals surface area contributed by atoms with E-state index in [1.165, 1.54) is 0 Å². The first-order valence-electron chi connectivity index (χ1n) is 6.39. The fourth-order valence-corrected chi connectivity index (χ4v) is 3.12. The number of hydrogen-bond donors (Lipinski definition) is 1. The number of halogens is 1. The number of hydrogen-bond acceptors (Lipinski definition) is 3. The number of nitrogens with two attached hydrogens (primary N) is 1. The molecule has 4 nitrogen and oxygen atoms in total. The van der Waals surface area contributed by atoms with Gasteiger partial charge in [-0.05, 0) is 24.3 Å². The van der Waals surface area contributed by atoms with Crippen molar-refractivity contribution < 1.29 is 4.74 Å². The van der Waals surface area contributed by atoms with Gasteiger partial charge >= 0.3 is 0 Å². The van der Waals surface area contributed by atoms with Crippen molar-refractivity contribution in [2.75, 3.05) is 12.3 Å². The summed E-state index contributed by atoms with van der Waals surface area (Å²) < 4.78 is 8.81. The van der Waals surface area contributed by atoms with Crippen LogP contribution in [0.5, 0.6) is 5.75 Å². The second-order valence-corrected chi connectivity index (χ2v) is 5.75. The number of nitrogens with zero attached hydrogens (tertiary/aromatic N) is 2. The third-order valence-electron chi connectivity index (χ3n) is 3.67. The molecule has 0 spiro atoms. The lowest BCUT2D eigenvalue weighted by Crippen LogP contribution is -2.14. The zero-order valence-corrected chi connectivity index (χ0v) is 12.2. The van der Waals surface area contributed by atoms with Crippen molar-refractivity contribution in [1.82, 2.24) is 9.55 Å². The number of nitrogen functional groups attached to an aromatic ring is 1. The van der Waals surface area contributed by atoms with E-state index >= 15 is 0 Å². The van der Waals surface area contributed by atoms with Gasteiger partial charge in [-0.3, -0.25) is 4.57 Å². The van der Waals surface area contributed by atoms with Crippen molar-refractivity contribution in [3.63, 3.8) is 0 Å². The van der Waals surface area contributed by atoms with Crippen LogP contribution in [0.2, 0.25) is 0 Å². The summed E-state index contributed by atoms with van der Waals surface area (Å²) in [7, 11) is 0. The van der Waals surface area contributed by atoms with E-state index in [0.29, 0.717) is 12.6 Å². The summed E-state index contributed by atoms with van der Waals surface area (Å²) in [4.78, 5) is 4.44. The minimum Gasteiger partial charge on any atom is -0.491 e. The Bertz CT molecular complexity index is 812. The molecular weight excluding hydrogens is 318 g/mol. The number of rotatable bonds is 1. The number of imidazole rings is 1. The van der Waals surface area contributed by atoms with Crippen LogP contribution in [-0.4, -0.2) is 16.2 Å². The zero-order valence-electron chi connectivity index (χ0n) is 10.6. The SMILES string of the molecule is Nc1nc2ccc(Br)cc2n1C1COc2ccccc21. The van der Waals surface area contributed by atoms with Gasteiger partial charge in [-0.25, -0.2) is 4.98 Å². The zero-order chi connectivity index (χ0) is 13.7. The van der Waals surface area contributed by atoms with E-state index in [9.17, 15) is 0 Å². The van der Waals surface area contributed by atoms with Crippen LogP contribution >= 0.6 is 15.9 Å². The van der Waals surface area contributed by atoms with E-state index in [-0.39, 0.29) is 6.04 Å². The Balaban J connectivity index is 1.95. The summed E-state index contributed by atoms with van der Waals surface area (Å²) in [5.41, 5.74) is 9.19. The fraction of sp³-hybridized carbons (Fsp3) is 0.133. The molecule has 0 fully saturated rings. The van der Waals surface area contributed by atoms with Crippen molar-refractivity contribution >= 4 is 32.9 Å². The molecule has 2 aromatic carbocycles. The van der Waals surface area contributed by atoms with Gasteiger partial charge in [0.15, 0.2) is 0 Å². The molecule has 4 rings (SSSR count). The smallest absolute Gasteiger partial charge is 0.201 e. The molecule has 2 N–H and O–H groups in total. The second kappa shape index (κ2) is 4.24. The molecule has 0 bridgehead atoms. The summed E-state index contributed by atoms with van der Waals surface area (Å²) in [5, 5.41) is 0. The lowest BCUT2D eigenvalue weighted by Gasteiger charge is -2.14. The molecular formula is C15H12BrN3O. The third-order valence-corrected chi connectivity index (χ3v) is 4.16. The van der Waals surface area contributed by atoms with E-state index < -0.39 is 0 Å². The Hall–Kier alpha value is -2.01. The van der Waals surface area contributed by atoms with Crippen LogP contribution in [0.1, 0.15) is 11.6 Å². The van der Waals surface area contributed by atoms with Crippen LogP contribution in [0, 0.1) is 0 Å². The monoisotopic (exact) mass is 329 g/mol. The Kier molecular flexibility index (Phi) is 2.50. The topological polar surface area (TPSA) is 53.1 Å². The Morgan fingerprint density at radius 1 is 1.25 bits per heavy atom. The average molecular weight is 330 g/mol. The number of ether oxygens (including phenoxy) is 1. The van der Waals surface area contributed by atoms with Crippen molar-refractivity contribution in [3.05, 3.63) is 52.5 Å². The van der Waals surface area contributed by atoms with E-state index in [1.54, 1.807) is 0 Å². The van der Waals surface area contributed by atoms with E-state index in [2.05, 4.69) is 27.0 Å². The lowest BCUT2D eigenvalue weighted by atomic mass is 10.1. The highest BCUT2D eigenvalue weighted by Crippen LogP contribution is 2.38. The first-order valence-corrected chi connectivity index (χ1v) is 7.18. The normalized spacial score (nSPS) is 17.1. The van der Waals surface area contributed by atoms with Crippen LogP contribution in [0.4, 0.5) is 5.95 Å². The van der Waals surface area contributed by atoms with Crippen molar-refractivity contribution in [1.29, 1.82) is 0 Å². The largest absolute Gasteiger partial charge is 0.491 e. The number of aromatic nitrogens is 2. The number of para-hydroxylation sites is 1. The molecule has 20 heavy (non-hydrogen) atoms. The van der Waals surface area contributed by atoms with Crippen LogP contribution in [0.3, 0.4) is 0 Å².